The molecule has 3 rings (SSSR count). The number of nitrogens with one attached hydrogen (secondary N) is 1. The van der Waals surface area contributed by atoms with Crippen LogP contribution in [0, 0.1) is 0 Å². The molecule has 0 aromatic carbocycles. The van der Waals surface area contributed by atoms with Crippen LogP contribution in [0.15, 0.2) is 33.6 Å². The lowest BCUT2D eigenvalue weighted by Crippen LogP contribution is -2.26. The van der Waals surface area contributed by atoms with Crippen LogP contribution < -0.4 is 5.32 Å². The molecule has 0 fully saturated rings. The van der Waals surface area contributed by atoms with E-state index < -0.39 is 0 Å². The van der Waals surface area contributed by atoms with Gasteiger partial charge in [0.05, 0.1) is 5.69 Å². The molecule has 0 spiro atoms. The van der Waals surface area contributed by atoms with E-state index in [4.69, 9.17) is 0 Å². The van der Waals surface area contributed by atoms with Crippen LogP contribution in [0.4, 0.5) is 0 Å². The fourth-order valence-corrected chi connectivity index (χ4v) is 3.83. The summed E-state index contributed by atoms with van der Waals surface area (Å²) >= 11 is 4.51. The van der Waals surface area contributed by atoms with Crippen molar-refractivity contribution in [1.82, 2.24) is 25.3 Å². The molecule has 0 atom stereocenters. The van der Waals surface area contributed by atoms with Crippen LogP contribution in [0.2, 0.25) is 0 Å². The van der Waals surface area contributed by atoms with Gasteiger partial charge in [-0.1, -0.05) is 11.8 Å². The lowest BCUT2D eigenvalue weighted by Gasteiger charge is -2.01. The minimum atomic E-state index is -0.150. The van der Waals surface area contributed by atoms with Gasteiger partial charge < -0.3 is 5.32 Å². The van der Waals surface area contributed by atoms with Crippen LogP contribution in [-0.4, -0.2) is 38.6 Å². The average molecular weight is 363 g/mol. The lowest BCUT2D eigenvalue weighted by atomic mass is 10.3. The zero-order valence-electron chi connectivity index (χ0n) is 12.2. The minimum Gasteiger partial charge on any atom is -0.350 e. The summed E-state index contributed by atoms with van der Waals surface area (Å²) in [5, 5.41) is 7.39. The highest BCUT2D eigenvalue weighted by atomic mass is 32.2. The molecule has 3 heterocycles. The van der Waals surface area contributed by atoms with E-state index in [2.05, 4.69) is 25.3 Å². The van der Waals surface area contributed by atoms with Gasteiger partial charge in [-0.3, -0.25) is 4.79 Å². The second-order valence-corrected chi connectivity index (χ2v) is 7.19. The van der Waals surface area contributed by atoms with Crippen molar-refractivity contribution in [1.29, 1.82) is 0 Å². The van der Waals surface area contributed by atoms with Crippen LogP contribution in [0.1, 0.15) is 16.2 Å². The topological polar surface area (TPSA) is 80.7 Å². The number of aromatic nitrogens is 4. The number of amides is 1. The van der Waals surface area contributed by atoms with Crippen molar-refractivity contribution in [3.05, 3.63) is 40.6 Å². The van der Waals surface area contributed by atoms with Gasteiger partial charge in [-0.15, -0.1) is 22.7 Å². The smallest absolute Gasteiger partial charge is 0.270 e. The molecule has 3 aromatic rings. The zero-order chi connectivity index (χ0) is 16.1. The summed E-state index contributed by atoms with van der Waals surface area (Å²) in [5.74, 6) is 0.475. The van der Waals surface area contributed by atoms with Gasteiger partial charge in [0.1, 0.15) is 10.0 Å². The third kappa shape index (κ3) is 4.12. The van der Waals surface area contributed by atoms with Gasteiger partial charge in [-0.05, 0) is 12.3 Å². The fourth-order valence-electron chi connectivity index (χ4n) is 1.78. The highest BCUT2D eigenvalue weighted by molar-refractivity contribution is 8.00. The molecule has 1 N–H and O–H groups in total. The average Bonchev–Trinajstić information content (AvgIpc) is 3.25. The number of nitrogens with zero attached hydrogens (tertiary/aromatic N) is 4. The Kier molecular flexibility index (Phi) is 5.31. The van der Waals surface area contributed by atoms with E-state index in [0.717, 1.165) is 15.0 Å². The van der Waals surface area contributed by atoms with Crippen LogP contribution >= 0.6 is 34.4 Å². The molecule has 0 bridgehead atoms. The number of carbonyl (C=O) groups excluding carboxylic acids is 1. The van der Waals surface area contributed by atoms with Crippen molar-refractivity contribution < 1.29 is 4.79 Å². The number of carbonyl (C=O) groups is 1. The van der Waals surface area contributed by atoms with Crippen molar-refractivity contribution in [3.63, 3.8) is 0 Å². The first-order chi connectivity index (χ1) is 11.3. The molecule has 118 valence electrons. The van der Waals surface area contributed by atoms with Crippen LogP contribution in [-0.2, 0) is 6.42 Å². The molecule has 23 heavy (non-hydrogen) atoms. The Balaban J connectivity index is 1.53. The second-order valence-electron chi connectivity index (χ2n) is 4.43. The molecule has 0 unspecified atom stereocenters. The molecule has 9 heteroatoms. The highest BCUT2D eigenvalue weighted by Crippen LogP contribution is 2.20. The van der Waals surface area contributed by atoms with Crippen molar-refractivity contribution in [2.45, 2.75) is 10.8 Å². The lowest BCUT2D eigenvalue weighted by molar-refractivity contribution is 0.0949. The highest BCUT2D eigenvalue weighted by Gasteiger charge is 2.11. The van der Waals surface area contributed by atoms with Crippen molar-refractivity contribution in [2.75, 3.05) is 12.8 Å². The van der Waals surface area contributed by atoms with E-state index in [1.165, 1.54) is 34.4 Å². The largest absolute Gasteiger partial charge is 0.350 e. The van der Waals surface area contributed by atoms with Gasteiger partial charge >= 0.3 is 0 Å². The Morgan fingerprint density at radius 1 is 1.22 bits per heavy atom. The van der Waals surface area contributed by atoms with Crippen LogP contribution in [0.3, 0.4) is 0 Å². The van der Waals surface area contributed by atoms with E-state index in [0.29, 0.717) is 24.5 Å². The zero-order valence-corrected chi connectivity index (χ0v) is 14.7. The minimum absolute atomic E-state index is 0.150. The van der Waals surface area contributed by atoms with Gasteiger partial charge in [0.25, 0.3) is 5.91 Å². The SMILES string of the molecule is CSc1nc(C(=O)NCCc2csc(-c3ncccn3)n2)cs1. The fraction of sp³-hybridized carbons (Fsp3) is 0.214. The monoisotopic (exact) mass is 363 g/mol. The molecule has 0 saturated carbocycles. The van der Waals surface area contributed by atoms with Crippen molar-refractivity contribution >= 4 is 40.3 Å². The van der Waals surface area contributed by atoms with E-state index in [1.807, 2.05) is 11.6 Å². The molecular weight excluding hydrogens is 350 g/mol. The number of hydrogen-bond donors (Lipinski definition) is 1. The maximum absolute atomic E-state index is 12.0. The Hall–Kier alpha value is -1.84. The standard InChI is InChI=1S/C14H13N5OS3/c1-21-14-19-10(8-23-14)12(20)17-6-3-9-7-22-13(18-9)11-15-4-2-5-16-11/h2,4-5,7-8H,3,6H2,1H3,(H,17,20). The molecule has 3 aromatic heterocycles. The number of rotatable bonds is 6. The number of hydrogen-bond acceptors (Lipinski definition) is 8. The normalized spacial score (nSPS) is 10.7. The second kappa shape index (κ2) is 7.62. The summed E-state index contributed by atoms with van der Waals surface area (Å²) in [7, 11) is 0. The maximum atomic E-state index is 12.0. The Morgan fingerprint density at radius 2 is 2.04 bits per heavy atom. The third-order valence-electron chi connectivity index (χ3n) is 2.87. The van der Waals surface area contributed by atoms with Crippen molar-refractivity contribution in [2.24, 2.45) is 0 Å². The molecule has 0 aliphatic carbocycles. The summed E-state index contributed by atoms with van der Waals surface area (Å²) in [5.41, 5.74) is 1.39. The first-order valence-electron chi connectivity index (χ1n) is 6.76. The Morgan fingerprint density at radius 3 is 2.78 bits per heavy atom. The van der Waals surface area contributed by atoms with Gasteiger partial charge in [0, 0.05) is 36.1 Å². The van der Waals surface area contributed by atoms with E-state index in [9.17, 15) is 4.79 Å². The van der Waals surface area contributed by atoms with Crippen LogP contribution in [0.25, 0.3) is 10.8 Å². The summed E-state index contributed by atoms with van der Waals surface area (Å²) in [4.78, 5) is 29.1. The number of thiazole rings is 2. The van der Waals surface area contributed by atoms with E-state index in [-0.39, 0.29) is 5.91 Å². The van der Waals surface area contributed by atoms with E-state index >= 15 is 0 Å². The molecular formula is C14H13N5OS3. The Bertz CT molecular complexity index is 787. The molecule has 6 nitrogen and oxygen atoms in total. The summed E-state index contributed by atoms with van der Waals surface area (Å²) < 4.78 is 0.891. The maximum Gasteiger partial charge on any atom is 0.270 e. The van der Waals surface area contributed by atoms with Gasteiger partial charge in [0.15, 0.2) is 10.8 Å². The number of thioether (sulfide) groups is 1. The molecule has 1 amide bonds. The van der Waals surface area contributed by atoms with Gasteiger partial charge in [-0.25, -0.2) is 19.9 Å². The van der Waals surface area contributed by atoms with Crippen molar-refractivity contribution in [3.8, 4) is 10.8 Å². The molecule has 0 saturated heterocycles. The first kappa shape index (κ1) is 16.0. The summed E-state index contributed by atoms with van der Waals surface area (Å²) in [6.07, 6.45) is 5.99. The molecule has 0 aliphatic rings. The van der Waals surface area contributed by atoms with E-state index in [1.54, 1.807) is 23.8 Å². The van der Waals surface area contributed by atoms with Crippen LogP contribution in [0.5, 0.6) is 0 Å². The van der Waals surface area contributed by atoms with Gasteiger partial charge in [-0.2, -0.15) is 0 Å². The summed E-state index contributed by atoms with van der Waals surface area (Å²) in [6.45, 7) is 0.518. The van der Waals surface area contributed by atoms with Gasteiger partial charge in [0.2, 0.25) is 0 Å². The predicted octanol–water partition coefficient (Wildman–Crippen LogP) is 2.75. The first-order valence-corrected chi connectivity index (χ1v) is 9.74. The summed E-state index contributed by atoms with van der Waals surface area (Å²) in [6, 6.07) is 1.77. The quantitative estimate of drug-likeness (QED) is 0.678. The molecule has 0 aliphatic heterocycles. The molecule has 0 radical (unpaired) electrons. The predicted molar refractivity (Wildman–Crippen MR) is 93.1 cm³/mol. The third-order valence-corrected chi connectivity index (χ3v) is 5.62. The Labute approximate surface area is 145 Å².